The molecule has 26 heavy (non-hydrogen) atoms. The van der Waals surface area contributed by atoms with Crippen molar-refractivity contribution in [3.63, 3.8) is 0 Å². The lowest BCUT2D eigenvalue weighted by atomic mass is 10.1. The van der Waals surface area contributed by atoms with E-state index in [0.717, 1.165) is 35.3 Å². The van der Waals surface area contributed by atoms with Gasteiger partial charge in [-0.05, 0) is 24.1 Å². The molecular formula is C19H20N2O3S2. The summed E-state index contributed by atoms with van der Waals surface area (Å²) in [5.41, 5.74) is 1.92. The standard InChI is InChI=1S/C19H20N2O3S2/c1-3-4-9-24-19(23)21-10-15(14-7-5-6-8-16(14)21)17(22)18-20-13(11-25-2)12-26-18/h5-8,10-12,25H,3-4,9H2,1-2H3. The van der Waals surface area contributed by atoms with E-state index in [-0.39, 0.29) is 5.78 Å². The molecule has 0 unspecified atom stereocenters. The molecule has 0 aliphatic heterocycles. The number of nitrogens with zero attached hydrogens (tertiary/aromatic N) is 2. The van der Waals surface area contributed by atoms with Crippen LogP contribution in [-0.4, -0.2) is 39.7 Å². The van der Waals surface area contributed by atoms with Gasteiger partial charge in [-0.2, -0.15) is 0 Å². The zero-order valence-corrected chi connectivity index (χ0v) is 16.3. The fourth-order valence-electron chi connectivity index (χ4n) is 2.58. The molecule has 7 heteroatoms. The second-order valence-electron chi connectivity index (χ2n) is 5.69. The van der Waals surface area contributed by atoms with Crippen LogP contribution in [0.25, 0.3) is 10.9 Å². The Morgan fingerprint density at radius 3 is 2.92 bits per heavy atom. The van der Waals surface area contributed by atoms with Crippen molar-refractivity contribution in [3.05, 3.63) is 52.1 Å². The molecule has 5 nitrogen and oxygen atoms in total. The minimum Gasteiger partial charge on any atom is -0.449 e. The van der Waals surface area contributed by atoms with Gasteiger partial charge in [0.15, 0.2) is 5.01 Å². The minimum atomic E-state index is -0.466. The number of benzene rings is 1. The molecule has 0 radical (unpaired) electrons. The van der Waals surface area contributed by atoms with Gasteiger partial charge >= 0.3 is 6.09 Å². The number of carbonyl (C=O) groups excluding carboxylic acids is 2. The second-order valence-corrected chi connectivity index (χ2v) is 7.32. The highest BCUT2D eigenvalue weighted by atomic mass is 32.1. The van der Waals surface area contributed by atoms with E-state index in [4.69, 9.17) is 4.74 Å². The van der Waals surface area contributed by atoms with Crippen LogP contribution < -0.4 is 0 Å². The van der Waals surface area contributed by atoms with Crippen LogP contribution in [0.2, 0.25) is 0 Å². The van der Waals surface area contributed by atoms with Crippen molar-refractivity contribution >= 4 is 50.8 Å². The molecule has 2 heterocycles. The quantitative estimate of drug-likeness (QED) is 0.295. The fraction of sp³-hybridized carbons (Fsp3) is 0.263. The van der Waals surface area contributed by atoms with E-state index in [1.807, 2.05) is 48.2 Å². The van der Waals surface area contributed by atoms with Crippen LogP contribution in [0.5, 0.6) is 0 Å². The monoisotopic (exact) mass is 388 g/mol. The third-order valence-corrected chi connectivity index (χ3v) is 5.24. The van der Waals surface area contributed by atoms with Crippen molar-refractivity contribution in [2.75, 3.05) is 12.9 Å². The molecule has 0 fully saturated rings. The molecule has 0 amide bonds. The van der Waals surface area contributed by atoms with Crippen LogP contribution >= 0.6 is 22.7 Å². The van der Waals surface area contributed by atoms with Gasteiger partial charge in [0, 0.05) is 17.0 Å². The van der Waals surface area contributed by atoms with Crippen molar-refractivity contribution in [1.82, 2.24) is 9.55 Å². The van der Waals surface area contributed by atoms with Crippen LogP contribution in [0, 0.1) is 0 Å². The zero-order valence-electron chi connectivity index (χ0n) is 14.6. The first kappa shape index (κ1) is 18.5. The number of ether oxygens (including phenoxy) is 1. The molecule has 0 saturated heterocycles. The molecule has 3 rings (SSSR count). The summed E-state index contributed by atoms with van der Waals surface area (Å²) in [7, 11) is 0. The lowest BCUT2D eigenvalue weighted by molar-refractivity contribution is 0.104. The Labute approximate surface area is 159 Å². The maximum atomic E-state index is 12.9. The van der Waals surface area contributed by atoms with Gasteiger partial charge < -0.3 is 4.74 Å². The average Bonchev–Trinajstić information content (AvgIpc) is 3.26. The molecule has 1 aromatic carbocycles. The Morgan fingerprint density at radius 2 is 2.15 bits per heavy atom. The van der Waals surface area contributed by atoms with Gasteiger partial charge in [0.25, 0.3) is 0 Å². The lowest BCUT2D eigenvalue weighted by Crippen LogP contribution is -2.13. The number of aromatic nitrogens is 2. The summed E-state index contributed by atoms with van der Waals surface area (Å²) in [6.07, 6.45) is 4.85. The highest BCUT2D eigenvalue weighted by molar-refractivity contribution is 7.97. The van der Waals surface area contributed by atoms with E-state index in [1.165, 1.54) is 15.9 Å². The maximum Gasteiger partial charge on any atom is 0.418 e. The van der Waals surface area contributed by atoms with Gasteiger partial charge in [-0.15, -0.1) is 11.3 Å². The van der Waals surface area contributed by atoms with E-state index in [9.17, 15) is 9.59 Å². The van der Waals surface area contributed by atoms with Crippen molar-refractivity contribution in [2.45, 2.75) is 19.8 Å². The Bertz CT molecular complexity index is 972. The van der Waals surface area contributed by atoms with Crippen LogP contribution in [0.3, 0.4) is 0 Å². The smallest absolute Gasteiger partial charge is 0.418 e. The van der Waals surface area contributed by atoms with Gasteiger partial charge in [0.2, 0.25) is 5.78 Å². The lowest BCUT2D eigenvalue weighted by Gasteiger charge is -2.05. The first-order valence-corrected chi connectivity index (χ1v) is 10.6. The van der Waals surface area contributed by atoms with Crippen LogP contribution in [0.15, 0.2) is 35.8 Å². The molecule has 0 N–H and O–H groups in total. The van der Waals surface area contributed by atoms with E-state index in [2.05, 4.69) is 4.98 Å². The number of hydrogen-bond acceptors (Lipinski definition) is 5. The zero-order chi connectivity index (χ0) is 18.5. The van der Waals surface area contributed by atoms with Crippen molar-refractivity contribution < 1.29 is 14.3 Å². The van der Waals surface area contributed by atoms with Crippen molar-refractivity contribution in [1.29, 1.82) is 0 Å². The Hall–Kier alpha value is -2.25. The fourth-order valence-corrected chi connectivity index (χ4v) is 3.81. The number of hydrogen-bond donors (Lipinski definition) is 1. The molecule has 3 aromatic rings. The van der Waals surface area contributed by atoms with Gasteiger partial charge in [0.1, 0.15) is 0 Å². The van der Waals surface area contributed by atoms with Crippen molar-refractivity contribution in [2.24, 2.45) is 0 Å². The molecule has 0 aliphatic carbocycles. The second kappa shape index (κ2) is 8.42. The molecule has 0 atom stereocenters. The van der Waals surface area contributed by atoms with Crippen LogP contribution in [0.4, 0.5) is 4.79 Å². The third-order valence-electron chi connectivity index (χ3n) is 3.85. The van der Waals surface area contributed by atoms with Crippen LogP contribution in [0.1, 0.15) is 40.8 Å². The molecule has 0 aliphatic rings. The molecule has 0 bridgehead atoms. The van der Waals surface area contributed by atoms with Gasteiger partial charge in [-0.1, -0.05) is 31.5 Å². The largest absolute Gasteiger partial charge is 0.449 e. The van der Waals surface area contributed by atoms with Gasteiger partial charge in [-0.25, -0.2) is 21.1 Å². The number of thiol groups is 1. The number of rotatable bonds is 6. The first-order chi connectivity index (χ1) is 12.7. The summed E-state index contributed by atoms with van der Waals surface area (Å²) in [6.45, 7) is 2.40. The first-order valence-electron chi connectivity index (χ1n) is 8.35. The summed E-state index contributed by atoms with van der Waals surface area (Å²) in [6, 6.07) is 7.33. The third kappa shape index (κ3) is 3.78. The van der Waals surface area contributed by atoms with E-state index in [0.29, 0.717) is 22.7 Å². The predicted molar refractivity (Wildman–Crippen MR) is 109 cm³/mol. The number of fused-ring (bicyclic) bond motifs is 1. The van der Waals surface area contributed by atoms with Crippen molar-refractivity contribution in [3.8, 4) is 0 Å². The summed E-state index contributed by atoms with van der Waals surface area (Å²) in [4.78, 5) is 29.7. The molecular weight excluding hydrogens is 368 g/mol. The van der Waals surface area contributed by atoms with E-state index >= 15 is 0 Å². The highest BCUT2D eigenvalue weighted by Crippen LogP contribution is 2.25. The summed E-state index contributed by atoms with van der Waals surface area (Å²) in [5.74, 6) is -0.182. The number of ketones is 1. The molecule has 0 spiro atoms. The topological polar surface area (TPSA) is 61.2 Å². The number of para-hydroxylation sites is 1. The molecule has 136 valence electrons. The van der Waals surface area contributed by atoms with E-state index < -0.39 is 6.09 Å². The van der Waals surface area contributed by atoms with Crippen LogP contribution in [-0.2, 0) is 4.74 Å². The summed E-state index contributed by atoms with van der Waals surface area (Å²) < 4.78 is 6.71. The van der Waals surface area contributed by atoms with Gasteiger partial charge in [0.05, 0.1) is 23.4 Å². The number of carbonyl (C=O) groups is 2. The summed E-state index contributed by atoms with van der Waals surface area (Å²) >= 11 is 2.40. The normalized spacial score (nSPS) is 11.6. The average molecular weight is 389 g/mol. The Balaban J connectivity index is 1.98. The van der Waals surface area contributed by atoms with E-state index in [1.54, 1.807) is 6.20 Å². The summed E-state index contributed by atoms with van der Waals surface area (Å²) in [5, 5.41) is 4.95. The predicted octanol–water partition coefficient (Wildman–Crippen LogP) is 4.36. The highest BCUT2D eigenvalue weighted by Gasteiger charge is 2.21. The minimum absolute atomic E-state index is 0.182. The maximum absolute atomic E-state index is 12.9. The molecule has 0 saturated carbocycles. The Kier molecular flexibility index (Phi) is 6.00. The number of unbranched alkanes of at least 4 members (excludes halogenated alkanes) is 1. The Morgan fingerprint density at radius 1 is 1.35 bits per heavy atom. The SMILES string of the molecule is CCCCOC(=O)n1cc(C(=O)c2nc(C=[SH]C)cs2)c2ccccc21. The van der Waals surface area contributed by atoms with Gasteiger partial charge in [-0.3, -0.25) is 9.36 Å². The molecule has 2 aromatic heterocycles. The number of thiazole rings is 1.